The third-order valence-electron chi connectivity index (χ3n) is 4.55. The van der Waals surface area contributed by atoms with Gasteiger partial charge in [-0.3, -0.25) is 4.98 Å². The fraction of sp³-hybridized carbons (Fsp3) is 0.423. The molecule has 0 aliphatic heterocycles. The standard InChI is InChI=1S/C20H21N.C4H10.C2H6/c1-2-3-4-10-17-14-13-16-9-5-6-11-18(16)20(17)19-12-7-8-15-21-19;1-3-4-2;1-2/h3-9,11-13,15,17H,2,10,14H2,1H3;3-4H2,1-2H3;1-2H3. The molecule has 0 radical (unpaired) electrons. The van der Waals surface area contributed by atoms with Crippen LogP contribution in [0, 0.1) is 5.92 Å². The molecule has 1 atom stereocenters. The third-order valence-corrected chi connectivity index (χ3v) is 4.55. The molecule has 27 heavy (non-hydrogen) atoms. The van der Waals surface area contributed by atoms with Crippen molar-refractivity contribution in [1.29, 1.82) is 0 Å². The molecule has 1 aliphatic rings. The van der Waals surface area contributed by atoms with Crippen LogP contribution in [0.3, 0.4) is 0 Å². The zero-order valence-corrected chi connectivity index (χ0v) is 17.9. The van der Waals surface area contributed by atoms with Gasteiger partial charge >= 0.3 is 0 Å². The number of fused-ring (bicyclic) bond motifs is 1. The lowest BCUT2D eigenvalue weighted by Crippen LogP contribution is -2.33. The molecule has 0 saturated heterocycles. The average molecular weight is 364 g/mol. The first-order valence-electron chi connectivity index (χ1n) is 10.7. The molecular formula is C26H37N. The Morgan fingerprint density at radius 1 is 0.926 bits per heavy atom. The molecule has 1 aromatic carbocycles. The highest BCUT2D eigenvalue weighted by Crippen LogP contribution is 2.27. The van der Waals surface area contributed by atoms with Crippen molar-refractivity contribution in [1.82, 2.24) is 4.98 Å². The molecule has 2 aromatic rings. The van der Waals surface area contributed by atoms with Gasteiger partial charge in [0.15, 0.2) is 0 Å². The highest BCUT2D eigenvalue weighted by Gasteiger charge is 2.18. The Morgan fingerprint density at radius 3 is 2.26 bits per heavy atom. The molecule has 0 bridgehead atoms. The van der Waals surface area contributed by atoms with Gasteiger partial charge in [0, 0.05) is 6.20 Å². The molecule has 0 spiro atoms. The Morgan fingerprint density at radius 2 is 1.63 bits per heavy atom. The van der Waals surface area contributed by atoms with Crippen molar-refractivity contribution in [2.45, 2.75) is 66.7 Å². The fourth-order valence-electron chi connectivity index (χ4n) is 3.04. The van der Waals surface area contributed by atoms with E-state index in [1.807, 2.05) is 26.1 Å². The molecule has 0 saturated carbocycles. The van der Waals surface area contributed by atoms with E-state index in [-0.39, 0.29) is 0 Å². The van der Waals surface area contributed by atoms with Crippen LogP contribution in [0.4, 0.5) is 0 Å². The van der Waals surface area contributed by atoms with Crippen LogP contribution in [0.2, 0.25) is 0 Å². The van der Waals surface area contributed by atoms with Crippen molar-refractivity contribution >= 4 is 11.6 Å². The maximum absolute atomic E-state index is 4.60. The number of rotatable bonds is 5. The number of benzene rings is 1. The van der Waals surface area contributed by atoms with Crippen LogP contribution in [0.5, 0.6) is 0 Å². The first kappa shape index (κ1) is 22.9. The summed E-state index contributed by atoms with van der Waals surface area (Å²) in [5, 5.41) is 2.69. The maximum Gasteiger partial charge on any atom is 0.0670 e. The molecular weight excluding hydrogens is 326 g/mol. The number of hydrogen-bond donors (Lipinski definition) is 0. The molecule has 0 N–H and O–H groups in total. The Kier molecular flexibility index (Phi) is 11.8. The van der Waals surface area contributed by atoms with E-state index in [0.717, 1.165) is 25.0 Å². The summed E-state index contributed by atoms with van der Waals surface area (Å²) in [6, 6.07) is 14.9. The van der Waals surface area contributed by atoms with Crippen LogP contribution < -0.4 is 10.4 Å². The SMILES string of the molecule is CC.CCC=CCC1CC=c2ccccc2=C1c1ccccn1.CCCC. The minimum absolute atomic E-state index is 0.526. The minimum Gasteiger partial charge on any atom is -0.257 e. The molecule has 146 valence electrons. The van der Waals surface area contributed by atoms with E-state index in [0.29, 0.717) is 5.92 Å². The van der Waals surface area contributed by atoms with Gasteiger partial charge < -0.3 is 0 Å². The van der Waals surface area contributed by atoms with E-state index in [1.165, 1.54) is 28.9 Å². The van der Waals surface area contributed by atoms with E-state index in [9.17, 15) is 0 Å². The van der Waals surface area contributed by atoms with E-state index in [2.05, 4.69) is 80.4 Å². The fourth-order valence-corrected chi connectivity index (χ4v) is 3.04. The van der Waals surface area contributed by atoms with E-state index in [1.54, 1.807) is 0 Å². The van der Waals surface area contributed by atoms with Crippen LogP contribution in [-0.2, 0) is 0 Å². The Bertz CT molecular complexity index is 769. The molecule has 1 aromatic heterocycles. The number of allylic oxidation sites excluding steroid dienone is 2. The van der Waals surface area contributed by atoms with Crippen LogP contribution in [-0.4, -0.2) is 4.98 Å². The second-order valence-corrected chi connectivity index (χ2v) is 6.47. The lowest BCUT2D eigenvalue weighted by Gasteiger charge is -2.21. The number of nitrogens with zero attached hydrogens (tertiary/aromatic N) is 1. The van der Waals surface area contributed by atoms with Crippen molar-refractivity contribution in [2.24, 2.45) is 5.92 Å². The van der Waals surface area contributed by atoms with Crippen molar-refractivity contribution in [3.63, 3.8) is 0 Å². The smallest absolute Gasteiger partial charge is 0.0670 e. The van der Waals surface area contributed by atoms with Gasteiger partial charge in [-0.1, -0.05) is 96.0 Å². The summed E-state index contributed by atoms with van der Waals surface area (Å²) >= 11 is 0. The van der Waals surface area contributed by atoms with Crippen LogP contribution >= 0.6 is 0 Å². The first-order valence-corrected chi connectivity index (χ1v) is 10.7. The average Bonchev–Trinajstić information content (AvgIpc) is 2.76. The van der Waals surface area contributed by atoms with Gasteiger partial charge in [0.1, 0.15) is 0 Å². The molecule has 3 rings (SSSR count). The van der Waals surface area contributed by atoms with Crippen molar-refractivity contribution < 1.29 is 0 Å². The number of pyridine rings is 1. The number of aromatic nitrogens is 1. The molecule has 1 nitrogen and oxygen atoms in total. The van der Waals surface area contributed by atoms with Crippen molar-refractivity contribution in [3.05, 3.63) is 76.9 Å². The van der Waals surface area contributed by atoms with Gasteiger partial charge in [0.05, 0.1) is 5.69 Å². The van der Waals surface area contributed by atoms with Gasteiger partial charge in [0.2, 0.25) is 0 Å². The Labute approximate surface area is 166 Å². The van der Waals surface area contributed by atoms with E-state index < -0.39 is 0 Å². The van der Waals surface area contributed by atoms with Crippen molar-refractivity contribution in [3.8, 4) is 0 Å². The largest absolute Gasteiger partial charge is 0.257 e. The molecule has 1 unspecified atom stereocenters. The zero-order valence-electron chi connectivity index (χ0n) is 17.9. The summed E-state index contributed by atoms with van der Waals surface area (Å²) in [6.45, 7) is 10.5. The van der Waals surface area contributed by atoms with Gasteiger partial charge in [-0.2, -0.15) is 0 Å². The Balaban J connectivity index is 0.000000541. The molecule has 0 fully saturated rings. The molecule has 0 amide bonds. The summed E-state index contributed by atoms with van der Waals surface area (Å²) in [7, 11) is 0. The lowest BCUT2D eigenvalue weighted by molar-refractivity contribution is 0.697. The second-order valence-electron chi connectivity index (χ2n) is 6.47. The van der Waals surface area contributed by atoms with Crippen LogP contribution in [0.15, 0.2) is 60.8 Å². The Hall–Kier alpha value is -2.15. The monoisotopic (exact) mass is 363 g/mol. The predicted molar refractivity (Wildman–Crippen MR) is 121 cm³/mol. The third kappa shape index (κ3) is 7.17. The summed E-state index contributed by atoms with van der Waals surface area (Å²) in [6.07, 6.45) is 14.8. The summed E-state index contributed by atoms with van der Waals surface area (Å²) < 4.78 is 0. The van der Waals surface area contributed by atoms with Gasteiger partial charge in [-0.05, 0) is 53.3 Å². The molecule has 1 aliphatic carbocycles. The second kappa shape index (κ2) is 14.0. The van der Waals surface area contributed by atoms with Gasteiger partial charge in [-0.15, -0.1) is 0 Å². The van der Waals surface area contributed by atoms with E-state index >= 15 is 0 Å². The quantitative estimate of drug-likeness (QED) is 0.570. The molecule has 1 heteroatoms. The highest BCUT2D eigenvalue weighted by atomic mass is 14.7. The highest BCUT2D eigenvalue weighted by molar-refractivity contribution is 5.67. The maximum atomic E-state index is 4.60. The summed E-state index contributed by atoms with van der Waals surface area (Å²) in [5.41, 5.74) is 2.52. The first-order chi connectivity index (χ1) is 13.3. The minimum atomic E-state index is 0.526. The predicted octanol–water partition coefficient (Wildman–Crippen LogP) is 6.27. The molecule has 1 heterocycles. The number of hydrogen-bond acceptors (Lipinski definition) is 1. The van der Waals surface area contributed by atoms with Crippen LogP contribution in [0.25, 0.3) is 11.6 Å². The number of unbranched alkanes of at least 4 members (excludes halogenated alkanes) is 1. The lowest BCUT2D eigenvalue weighted by atomic mass is 9.84. The normalized spacial score (nSPS) is 15.0. The van der Waals surface area contributed by atoms with Gasteiger partial charge in [0.25, 0.3) is 0 Å². The van der Waals surface area contributed by atoms with E-state index in [4.69, 9.17) is 0 Å². The summed E-state index contributed by atoms with van der Waals surface area (Å²) in [5.74, 6) is 0.526. The van der Waals surface area contributed by atoms with Crippen molar-refractivity contribution in [2.75, 3.05) is 0 Å². The summed E-state index contributed by atoms with van der Waals surface area (Å²) in [4.78, 5) is 4.60. The van der Waals surface area contributed by atoms with Gasteiger partial charge in [-0.25, -0.2) is 0 Å². The van der Waals surface area contributed by atoms with Crippen LogP contribution in [0.1, 0.15) is 72.4 Å². The zero-order chi connectivity index (χ0) is 19.9. The topological polar surface area (TPSA) is 12.9 Å².